The monoisotopic (exact) mass is 397 g/mol. The third-order valence-electron chi connectivity index (χ3n) is 6.92. The van der Waals surface area contributed by atoms with E-state index in [4.69, 9.17) is 0 Å². The van der Waals surface area contributed by atoms with Crippen LogP contribution in [0.15, 0.2) is 29.9 Å². The molecule has 4 heteroatoms. The Labute approximate surface area is 174 Å². The first-order valence-electron chi connectivity index (χ1n) is 10.9. The summed E-state index contributed by atoms with van der Waals surface area (Å²) in [5, 5.41) is 25.1. The van der Waals surface area contributed by atoms with Gasteiger partial charge in [0.1, 0.15) is 11.5 Å². The molecule has 0 aliphatic heterocycles. The van der Waals surface area contributed by atoms with E-state index in [-0.39, 0.29) is 34.7 Å². The maximum absolute atomic E-state index is 12.8. The van der Waals surface area contributed by atoms with Crippen LogP contribution in [-0.4, -0.2) is 23.2 Å². The highest BCUT2D eigenvalue weighted by atomic mass is 16.3. The van der Waals surface area contributed by atoms with E-state index >= 15 is 0 Å². The zero-order valence-corrected chi connectivity index (χ0v) is 18.3. The van der Waals surface area contributed by atoms with Gasteiger partial charge in [0.15, 0.2) is 0 Å². The number of rotatable bonds is 7. The second kappa shape index (κ2) is 8.25. The molecule has 29 heavy (non-hydrogen) atoms. The summed E-state index contributed by atoms with van der Waals surface area (Å²) in [4.78, 5) is 12.8. The number of carbonyl (C=O) groups is 1. The smallest absolute Gasteiger partial charge is 0.255 e. The average molecular weight is 398 g/mol. The van der Waals surface area contributed by atoms with Crippen molar-refractivity contribution in [3.05, 3.63) is 46.6 Å². The van der Waals surface area contributed by atoms with Crippen molar-refractivity contribution in [1.82, 2.24) is 5.32 Å². The van der Waals surface area contributed by atoms with Crippen LogP contribution in [-0.2, 0) is 5.41 Å². The lowest BCUT2D eigenvalue weighted by atomic mass is 9.72. The molecule has 0 saturated heterocycles. The van der Waals surface area contributed by atoms with Gasteiger partial charge in [-0.3, -0.25) is 4.79 Å². The van der Waals surface area contributed by atoms with Gasteiger partial charge >= 0.3 is 0 Å². The predicted molar refractivity (Wildman–Crippen MR) is 118 cm³/mol. The summed E-state index contributed by atoms with van der Waals surface area (Å²) in [6, 6.07) is 1.76. The molecule has 2 aliphatic rings. The van der Waals surface area contributed by atoms with E-state index in [9.17, 15) is 15.0 Å². The number of allylic oxidation sites excluding steroid dienone is 3. The van der Waals surface area contributed by atoms with Crippen LogP contribution < -0.4 is 5.32 Å². The van der Waals surface area contributed by atoms with Crippen LogP contribution in [0.4, 0.5) is 0 Å². The first-order chi connectivity index (χ1) is 13.8. The Kier molecular flexibility index (Phi) is 6.11. The molecule has 1 saturated carbocycles. The molecule has 4 nitrogen and oxygen atoms in total. The fourth-order valence-corrected chi connectivity index (χ4v) is 5.00. The van der Waals surface area contributed by atoms with E-state index in [1.807, 2.05) is 6.92 Å². The van der Waals surface area contributed by atoms with Crippen LogP contribution >= 0.6 is 0 Å². The van der Waals surface area contributed by atoms with Crippen molar-refractivity contribution in [2.75, 3.05) is 7.05 Å². The Hall–Kier alpha value is -2.23. The van der Waals surface area contributed by atoms with Crippen molar-refractivity contribution >= 4 is 5.91 Å². The largest absolute Gasteiger partial charge is 0.507 e. The molecule has 158 valence electrons. The van der Waals surface area contributed by atoms with Gasteiger partial charge in [0.2, 0.25) is 0 Å². The number of hydrogen-bond donors (Lipinski definition) is 3. The number of phenolic OH excluding ortho intramolecular Hbond substituents is 2. The van der Waals surface area contributed by atoms with Crippen molar-refractivity contribution in [3.63, 3.8) is 0 Å². The standard InChI is InChI=1S/C25H35NO3/c1-6-7-10-25(11-12-25)19-14-20(27)21(23(28)22(19)24(29)26-5)18-13-16(4)8-9-17(18)15(2)3/h13-14,17-18,27-28H,2,6-12H2,1,3-5H3,(H,26,29)/t17-,18+/m0/s1. The van der Waals surface area contributed by atoms with Gasteiger partial charge in [0.25, 0.3) is 5.91 Å². The molecule has 1 amide bonds. The van der Waals surface area contributed by atoms with Gasteiger partial charge in [0, 0.05) is 18.5 Å². The molecule has 0 radical (unpaired) electrons. The number of carbonyl (C=O) groups excluding carboxylic acids is 1. The Morgan fingerprint density at radius 3 is 2.59 bits per heavy atom. The summed E-state index contributed by atoms with van der Waals surface area (Å²) < 4.78 is 0. The predicted octanol–water partition coefficient (Wildman–Crippen LogP) is 5.70. The quantitative estimate of drug-likeness (QED) is 0.517. The van der Waals surface area contributed by atoms with Crippen molar-refractivity contribution in [3.8, 4) is 11.5 Å². The summed E-state index contributed by atoms with van der Waals surface area (Å²) in [5.41, 5.74) is 3.77. The molecule has 1 aromatic carbocycles. The Balaban J connectivity index is 2.19. The zero-order valence-electron chi connectivity index (χ0n) is 18.3. The third kappa shape index (κ3) is 3.94. The van der Waals surface area contributed by atoms with E-state index < -0.39 is 0 Å². The van der Waals surface area contributed by atoms with Crippen LogP contribution in [0.1, 0.15) is 93.1 Å². The minimum Gasteiger partial charge on any atom is -0.507 e. The summed E-state index contributed by atoms with van der Waals surface area (Å²) in [6.07, 6.45) is 9.14. The normalized spacial score (nSPS) is 22.7. The first-order valence-corrected chi connectivity index (χ1v) is 10.9. The highest BCUT2D eigenvalue weighted by Crippen LogP contribution is 2.57. The fraction of sp³-hybridized carbons (Fsp3) is 0.560. The van der Waals surface area contributed by atoms with E-state index in [1.54, 1.807) is 13.1 Å². The van der Waals surface area contributed by atoms with Crippen molar-refractivity contribution < 1.29 is 15.0 Å². The van der Waals surface area contributed by atoms with Crippen molar-refractivity contribution in [1.29, 1.82) is 0 Å². The molecular formula is C25H35NO3. The van der Waals surface area contributed by atoms with Gasteiger partial charge in [0.05, 0.1) is 5.56 Å². The molecule has 0 bridgehead atoms. The minimum absolute atomic E-state index is 0.0654. The van der Waals surface area contributed by atoms with E-state index in [2.05, 4.69) is 31.8 Å². The van der Waals surface area contributed by atoms with E-state index in [0.717, 1.165) is 56.1 Å². The number of unbranched alkanes of at least 4 members (excludes halogenated alkanes) is 1. The molecule has 3 rings (SSSR count). The highest BCUT2D eigenvalue weighted by molar-refractivity contribution is 5.99. The molecule has 0 heterocycles. The lowest BCUT2D eigenvalue weighted by molar-refractivity contribution is 0.0958. The topological polar surface area (TPSA) is 69.6 Å². The number of benzene rings is 1. The van der Waals surface area contributed by atoms with Gasteiger partial charge in [-0.15, -0.1) is 0 Å². The van der Waals surface area contributed by atoms with Crippen LogP contribution in [0.25, 0.3) is 0 Å². The number of hydrogen-bond acceptors (Lipinski definition) is 3. The van der Waals surface area contributed by atoms with Crippen LogP contribution in [0, 0.1) is 5.92 Å². The summed E-state index contributed by atoms with van der Waals surface area (Å²) in [6.45, 7) is 10.4. The van der Waals surface area contributed by atoms with Crippen LogP contribution in [0.5, 0.6) is 11.5 Å². The fourth-order valence-electron chi connectivity index (χ4n) is 5.00. The first kappa shape index (κ1) is 21.5. The molecule has 2 atom stereocenters. The van der Waals surface area contributed by atoms with Gasteiger partial charge in [-0.2, -0.15) is 0 Å². The maximum Gasteiger partial charge on any atom is 0.255 e. The average Bonchev–Trinajstić information content (AvgIpc) is 3.46. The van der Waals surface area contributed by atoms with E-state index in [1.165, 1.54) is 5.57 Å². The van der Waals surface area contributed by atoms with Crippen LogP contribution in [0.2, 0.25) is 0 Å². The molecule has 0 aromatic heterocycles. The summed E-state index contributed by atoms with van der Waals surface area (Å²) >= 11 is 0. The van der Waals surface area contributed by atoms with Crippen LogP contribution in [0.3, 0.4) is 0 Å². The Bertz CT molecular complexity index is 848. The zero-order chi connectivity index (χ0) is 21.3. The van der Waals surface area contributed by atoms with Gasteiger partial charge < -0.3 is 15.5 Å². The number of nitrogens with one attached hydrogen (secondary N) is 1. The summed E-state index contributed by atoms with van der Waals surface area (Å²) in [5.74, 6) is -0.303. The molecule has 0 spiro atoms. The lowest BCUT2D eigenvalue weighted by Crippen LogP contribution is -2.24. The van der Waals surface area contributed by atoms with Crippen molar-refractivity contribution in [2.24, 2.45) is 5.92 Å². The Morgan fingerprint density at radius 2 is 2.03 bits per heavy atom. The summed E-state index contributed by atoms with van der Waals surface area (Å²) in [7, 11) is 1.59. The van der Waals surface area contributed by atoms with Gasteiger partial charge in [-0.05, 0) is 68.9 Å². The Morgan fingerprint density at radius 1 is 1.34 bits per heavy atom. The molecule has 1 fully saturated rings. The molecule has 3 N–H and O–H groups in total. The lowest BCUT2D eigenvalue weighted by Gasteiger charge is -2.32. The van der Waals surface area contributed by atoms with Gasteiger partial charge in [-0.1, -0.05) is 43.6 Å². The number of aromatic hydroxyl groups is 2. The van der Waals surface area contributed by atoms with Gasteiger partial charge in [-0.25, -0.2) is 0 Å². The minimum atomic E-state index is -0.287. The number of phenols is 2. The number of amides is 1. The molecule has 1 aromatic rings. The second-order valence-electron chi connectivity index (χ2n) is 9.07. The molecule has 2 aliphatic carbocycles. The van der Waals surface area contributed by atoms with E-state index in [0.29, 0.717) is 11.1 Å². The molecule has 0 unspecified atom stereocenters. The highest BCUT2D eigenvalue weighted by Gasteiger charge is 2.47. The SMILES string of the molecule is C=C(C)[C@@H]1CCC(C)=C[C@H]1c1c(O)cc(C2(CCCC)CC2)c(C(=O)NC)c1O. The maximum atomic E-state index is 12.8. The third-order valence-corrected chi connectivity index (χ3v) is 6.92. The second-order valence-corrected chi connectivity index (χ2v) is 9.07. The molecular weight excluding hydrogens is 362 g/mol. The van der Waals surface area contributed by atoms with Crippen molar-refractivity contribution in [2.45, 2.75) is 77.0 Å².